The van der Waals surface area contributed by atoms with E-state index in [1.54, 1.807) is 0 Å². The van der Waals surface area contributed by atoms with Gasteiger partial charge in [-0.05, 0) is 12.8 Å². The van der Waals surface area contributed by atoms with Crippen LogP contribution in [0.15, 0.2) is 48.9 Å². The SMILES string of the molecule is Fc1c(F)c(F)c([B-](c2c(F)c(F)c(F)c(F)c2F)(c2c(F)c(F)c(F)c(F)c2F)c2c(F)c(F)c(F)c(F)c2F)c(F)c1F.c1ccc(C[n+]2ccncc2C2CCCCC2)cc1. The van der Waals surface area contributed by atoms with Crippen LogP contribution >= 0.6 is 0 Å². The van der Waals surface area contributed by atoms with Crippen molar-refractivity contribution in [1.29, 1.82) is 0 Å². The number of benzene rings is 5. The van der Waals surface area contributed by atoms with Crippen LogP contribution in [0.5, 0.6) is 0 Å². The summed E-state index contributed by atoms with van der Waals surface area (Å²) in [6, 6.07) is 10.7. The van der Waals surface area contributed by atoms with E-state index in [4.69, 9.17) is 0 Å². The molecule has 0 N–H and O–H groups in total. The van der Waals surface area contributed by atoms with Crippen molar-refractivity contribution in [1.82, 2.24) is 4.98 Å². The highest BCUT2D eigenvalue weighted by Crippen LogP contribution is 2.32. The third-order valence-electron chi connectivity index (χ3n) is 10.8. The molecule has 7 rings (SSSR count). The molecule has 1 aliphatic carbocycles. The first-order chi connectivity index (χ1) is 30.1. The second-order valence-electron chi connectivity index (χ2n) is 14.2. The monoisotopic (exact) mass is 932 g/mol. The van der Waals surface area contributed by atoms with E-state index in [1.807, 2.05) is 6.20 Å². The van der Waals surface area contributed by atoms with Crippen LogP contribution < -0.4 is 26.4 Å². The molecule has 6 aromatic rings. The first kappa shape index (κ1) is 47.3. The lowest BCUT2D eigenvalue weighted by Crippen LogP contribution is -2.81. The first-order valence-corrected chi connectivity index (χ1v) is 18.2. The fraction of sp³-hybridized carbons (Fsp3) is 0.171. The molecular weight excluding hydrogens is 911 g/mol. The molecule has 0 unspecified atom stereocenters. The van der Waals surface area contributed by atoms with Crippen LogP contribution in [0, 0.1) is 116 Å². The lowest BCUT2D eigenvalue weighted by Gasteiger charge is -2.44. The van der Waals surface area contributed by atoms with Crippen molar-refractivity contribution in [3.05, 3.63) is 177 Å². The minimum atomic E-state index is -7.22. The summed E-state index contributed by atoms with van der Waals surface area (Å²) in [7, 11) is 0. The van der Waals surface area contributed by atoms with Crippen LogP contribution in [0.25, 0.3) is 0 Å². The van der Waals surface area contributed by atoms with Gasteiger partial charge in [0, 0.05) is 11.5 Å². The fourth-order valence-electron chi connectivity index (χ4n) is 7.94. The van der Waals surface area contributed by atoms with Gasteiger partial charge in [-0.1, -0.05) is 49.6 Å². The van der Waals surface area contributed by atoms with Crippen molar-refractivity contribution >= 4 is 28.0 Å². The highest BCUT2D eigenvalue weighted by molar-refractivity contribution is 7.20. The Kier molecular flexibility index (Phi) is 13.4. The largest absolute Gasteiger partial charge is 0.252 e. The number of hydrogen-bond acceptors (Lipinski definition) is 1. The molecule has 2 nitrogen and oxygen atoms in total. The summed E-state index contributed by atoms with van der Waals surface area (Å²) in [4.78, 5) is 4.34. The van der Waals surface area contributed by atoms with Crippen molar-refractivity contribution < 1.29 is 92.4 Å². The zero-order valence-electron chi connectivity index (χ0n) is 31.5. The summed E-state index contributed by atoms with van der Waals surface area (Å²) in [6.45, 7) is 0.954. The Labute approximate surface area is 346 Å². The van der Waals surface area contributed by atoms with Gasteiger partial charge in [0.1, 0.15) is 52.7 Å². The van der Waals surface area contributed by atoms with Gasteiger partial charge >= 0.3 is 0 Å². The number of hydrogen-bond donors (Lipinski definition) is 0. The quantitative estimate of drug-likeness (QED) is 0.0513. The normalized spacial score (nSPS) is 13.3. The Bertz CT molecular complexity index is 2420. The van der Waals surface area contributed by atoms with Gasteiger partial charge in [-0.3, -0.25) is 4.98 Å². The van der Waals surface area contributed by atoms with Crippen LogP contribution in [0.3, 0.4) is 0 Å². The molecule has 0 amide bonds. The van der Waals surface area contributed by atoms with Crippen molar-refractivity contribution in [3.8, 4) is 0 Å². The Balaban J connectivity index is 0.000000295. The van der Waals surface area contributed by atoms with E-state index in [2.05, 4.69) is 52.3 Å². The topological polar surface area (TPSA) is 16.8 Å². The number of aromatic nitrogens is 2. The molecule has 0 atom stereocenters. The minimum Gasteiger partial charge on any atom is -0.252 e. The predicted octanol–water partition coefficient (Wildman–Crippen LogP) is 9.31. The molecule has 64 heavy (non-hydrogen) atoms. The van der Waals surface area contributed by atoms with Crippen LogP contribution in [-0.4, -0.2) is 11.1 Å². The van der Waals surface area contributed by atoms with E-state index in [1.165, 1.54) is 43.4 Å². The van der Waals surface area contributed by atoms with Gasteiger partial charge < -0.3 is 0 Å². The molecule has 0 bridgehead atoms. The second-order valence-corrected chi connectivity index (χ2v) is 14.2. The minimum absolute atomic E-state index is 0.700. The maximum absolute atomic E-state index is 15.4. The Hall–Kier alpha value is -6.16. The first-order valence-electron chi connectivity index (χ1n) is 18.2. The molecule has 1 heterocycles. The Morgan fingerprint density at radius 3 is 1.02 bits per heavy atom. The molecule has 0 aliphatic heterocycles. The molecule has 0 radical (unpaired) electrons. The van der Waals surface area contributed by atoms with Crippen LogP contribution in [0.1, 0.15) is 49.3 Å². The zero-order chi connectivity index (χ0) is 47.3. The van der Waals surface area contributed by atoms with Gasteiger partial charge in [0.05, 0.1) is 12.4 Å². The Morgan fingerprint density at radius 2 is 0.703 bits per heavy atom. The molecule has 1 saturated carbocycles. The van der Waals surface area contributed by atoms with Crippen molar-refractivity contribution in [2.75, 3.05) is 0 Å². The van der Waals surface area contributed by atoms with Crippen molar-refractivity contribution in [2.24, 2.45) is 0 Å². The average molecular weight is 932 g/mol. The highest BCUT2D eigenvalue weighted by Gasteiger charge is 2.52. The van der Waals surface area contributed by atoms with E-state index < -0.39 is 144 Å². The molecule has 1 aliphatic rings. The third kappa shape index (κ3) is 7.58. The van der Waals surface area contributed by atoms with Gasteiger partial charge in [0.15, 0.2) is 82.5 Å². The summed E-state index contributed by atoms with van der Waals surface area (Å²) < 4.78 is 296. The van der Waals surface area contributed by atoms with E-state index >= 15 is 35.1 Å². The summed E-state index contributed by atoms with van der Waals surface area (Å²) in [5, 5.41) is 0. The second kappa shape index (κ2) is 18.1. The number of halogens is 20. The fourth-order valence-corrected chi connectivity index (χ4v) is 7.94. The van der Waals surface area contributed by atoms with E-state index in [9.17, 15) is 52.7 Å². The van der Waals surface area contributed by atoms with Crippen LogP contribution in [0.2, 0.25) is 0 Å². The maximum Gasteiger partial charge on any atom is 0.203 e. The van der Waals surface area contributed by atoms with Gasteiger partial charge in [-0.2, -0.15) is 4.57 Å². The summed E-state index contributed by atoms with van der Waals surface area (Å²) >= 11 is 0. The molecular formula is C41H21BF20N2. The number of nitrogens with zero attached hydrogens (tertiary/aromatic N) is 2. The Morgan fingerprint density at radius 1 is 0.406 bits per heavy atom. The summed E-state index contributed by atoms with van der Waals surface area (Å²) in [5.41, 5.74) is -11.6. The lowest BCUT2D eigenvalue weighted by atomic mass is 9.12. The summed E-state index contributed by atoms with van der Waals surface area (Å²) in [5.74, 6) is -70.7. The van der Waals surface area contributed by atoms with E-state index in [0.29, 0.717) is 5.92 Å². The zero-order valence-corrected chi connectivity index (χ0v) is 31.5. The summed E-state index contributed by atoms with van der Waals surface area (Å²) in [6.07, 6.45) is 5.64. The average Bonchev–Trinajstić information content (AvgIpc) is 3.30. The molecule has 1 fully saturated rings. The number of rotatable bonds is 7. The highest BCUT2D eigenvalue weighted by atomic mass is 19.2. The lowest BCUT2D eigenvalue weighted by molar-refractivity contribution is -0.697. The van der Waals surface area contributed by atoms with Crippen LogP contribution in [-0.2, 0) is 6.54 Å². The molecule has 0 saturated heterocycles. The van der Waals surface area contributed by atoms with Gasteiger partial charge in [0.25, 0.3) is 0 Å². The smallest absolute Gasteiger partial charge is 0.203 e. The van der Waals surface area contributed by atoms with Crippen molar-refractivity contribution in [2.45, 2.75) is 44.6 Å². The maximum atomic E-state index is 15.4. The van der Waals surface area contributed by atoms with Crippen molar-refractivity contribution in [3.63, 3.8) is 0 Å². The molecule has 5 aromatic carbocycles. The van der Waals surface area contributed by atoms with Gasteiger partial charge in [-0.15, -0.1) is 21.9 Å². The molecule has 23 heteroatoms. The predicted molar refractivity (Wildman–Crippen MR) is 185 cm³/mol. The molecule has 338 valence electrons. The van der Waals surface area contributed by atoms with E-state index in [0.717, 1.165) is 6.54 Å². The van der Waals surface area contributed by atoms with Crippen LogP contribution in [0.4, 0.5) is 87.8 Å². The standard InChI is InChI=1S/C24BF20.C17H21N2/c26-5-1(6(27)14(35)21(42)13(5)34)25(2-7(28)15(36)22(43)16(37)8(2)29,3-9(30)17(38)23(44)18(39)10(3)31)4-11(32)19(40)24(45)20(41)12(4)33;1-3-7-15(8-4-1)14-19-12-11-18-13-17(19)16-9-5-2-6-10-16/h;1,3-4,7-8,11-13,16H,2,5-6,9-10,14H2/q-1;+1. The van der Waals surface area contributed by atoms with E-state index in [-0.39, 0.29) is 0 Å². The van der Waals surface area contributed by atoms with Gasteiger partial charge in [-0.25, -0.2) is 87.8 Å². The molecule has 1 aromatic heterocycles. The third-order valence-corrected chi connectivity index (χ3v) is 10.8. The van der Waals surface area contributed by atoms with Gasteiger partial charge in [0.2, 0.25) is 5.69 Å². The molecule has 0 spiro atoms.